The maximum absolute atomic E-state index is 9.45. The van der Waals surface area contributed by atoms with Gasteiger partial charge in [0.15, 0.2) is 0 Å². The van der Waals surface area contributed by atoms with Crippen molar-refractivity contribution in [3.8, 4) is 0 Å². The Labute approximate surface area is 106 Å². The van der Waals surface area contributed by atoms with E-state index < -0.39 is 12.1 Å². The van der Waals surface area contributed by atoms with Crippen LogP contribution in [-0.2, 0) is 26.5 Å². The first-order chi connectivity index (χ1) is 6.47. The predicted molar refractivity (Wildman–Crippen MR) is 54.1 cm³/mol. The Morgan fingerprint density at radius 3 is 1.27 bits per heavy atom. The number of carboxylic acids is 1. The van der Waals surface area contributed by atoms with Gasteiger partial charge in [0.1, 0.15) is 6.10 Å². The Balaban J connectivity index is -0.0000000606. The summed E-state index contributed by atoms with van der Waals surface area (Å²) in [7, 11) is 0. The van der Waals surface area contributed by atoms with Crippen molar-refractivity contribution < 1.29 is 46.9 Å². The first-order valence-corrected chi connectivity index (χ1v) is 4.60. The van der Waals surface area contributed by atoms with Crippen LogP contribution in [0.1, 0.15) is 33.6 Å². The van der Waals surface area contributed by atoms with Gasteiger partial charge in [-0.05, 0) is 19.8 Å². The van der Waals surface area contributed by atoms with E-state index in [1.165, 1.54) is 6.92 Å². The number of aliphatic carboxylic acids is 1. The standard InChI is InChI=1S/C3H6O3.2C3H8O.Ti/c1-2(4)3(5)6;2*1-2-3-4;/h2,4H,1H3,(H,5,6);2*4H,2-3H2,1H3;. The number of carbonyl (C=O) groups is 1. The average molecular weight is 258 g/mol. The normalized spacial score (nSPS) is 9.47. The molecule has 0 aliphatic carbocycles. The van der Waals surface area contributed by atoms with Crippen molar-refractivity contribution in [3.05, 3.63) is 0 Å². The van der Waals surface area contributed by atoms with Gasteiger partial charge in [-0.3, -0.25) is 0 Å². The van der Waals surface area contributed by atoms with Crippen LogP contribution in [0.5, 0.6) is 0 Å². The molecule has 4 N–H and O–H groups in total. The van der Waals surface area contributed by atoms with Crippen LogP contribution in [0.3, 0.4) is 0 Å². The molecule has 0 heterocycles. The Morgan fingerprint density at radius 1 is 1.13 bits per heavy atom. The molecule has 0 saturated carbocycles. The molecule has 1 atom stereocenters. The molecule has 0 radical (unpaired) electrons. The zero-order valence-corrected chi connectivity index (χ0v) is 11.2. The topological polar surface area (TPSA) is 98.0 Å². The van der Waals surface area contributed by atoms with E-state index in [1.807, 2.05) is 13.8 Å². The Bertz CT molecular complexity index is 101. The van der Waals surface area contributed by atoms with E-state index in [0.29, 0.717) is 13.2 Å². The molecular formula is C9H22O5Ti. The Morgan fingerprint density at radius 2 is 1.27 bits per heavy atom. The van der Waals surface area contributed by atoms with Gasteiger partial charge < -0.3 is 20.4 Å². The summed E-state index contributed by atoms with van der Waals surface area (Å²) in [6, 6.07) is 0. The fourth-order valence-corrected chi connectivity index (χ4v) is 0. The summed E-state index contributed by atoms with van der Waals surface area (Å²) in [6.45, 7) is 5.70. The minimum Gasteiger partial charge on any atom is -0.479 e. The van der Waals surface area contributed by atoms with Crippen molar-refractivity contribution in [2.24, 2.45) is 0 Å². The summed E-state index contributed by atoms with van der Waals surface area (Å²) in [5, 5.41) is 31.5. The monoisotopic (exact) mass is 258 g/mol. The van der Waals surface area contributed by atoms with E-state index in [9.17, 15) is 4.79 Å². The molecular weight excluding hydrogens is 236 g/mol. The smallest absolute Gasteiger partial charge is 0.332 e. The summed E-state index contributed by atoms with van der Waals surface area (Å²) in [6.07, 6.45) is 0.519. The third-order valence-corrected chi connectivity index (χ3v) is 0.805. The third kappa shape index (κ3) is 55.7. The second kappa shape index (κ2) is 23.7. The maximum Gasteiger partial charge on any atom is 0.332 e. The molecule has 6 heteroatoms. The van der Waals surface area contributed by atoms with Gasteiger partial charge in [-0.1, -0.05) is 13.8 Å². The van der Waals surface area contributed by atoms with E-state index in [-0.39, 0.29) is 21.7 Å². The second-order valence-electron chi connectivity index (χ2n) is 2.46. The molecule has 0 aromatic carbocycles. The second-order valence-corrected chi connectivity index (χ2v) is 2.46. The van der Waals surface area contributed by atoms with Gasteiger partial charge in [0.05, 0.1) is 0 Å². The summed E-state index contributed by atoms with van der Waals surface area (Å²) < 4.78 is 0. The van der Waals surface area contributed by atoms with Gasteiger partial charge in [0, 0.05) is 34.9 Å². The number of aliphatic hydroxyl groups excluding tert-OH is 3. The molecule has 0 bridgehead atoms. The fourth-order valence-electron chi connectivity index (χ4n) is 0. The van der Waals surface area contributed by atoms with E-state index in [1.54, 1.807) is 0 Å². The van der Waals surface area contributed by atoms with Crippen LogP contribution in [-0.4, -0.2) is 45.7 Å². The van der Waals surface area contributed by atoms with Gasteiger partial charge in [-0.2, -0.15) is 0 Å². The summed E-state index contributed by atoms with van der Waals surface area (Å²) in [5.74, 6) is -1.19. The zero-order chi connectivity index (χ0) is 12.0. The molecule has 0 saturated heterocycles. The number of carboxylic acid groups (broad SMARTS) is 1. The minimum absolute atomic E-state index is 0. The molecule has 0 rings (SSSR count). The van der Waals surface area contributed by atoms with Gasteiger partial charge in [-0.15, -0.1) is 0 Å². The SMILES string of the molecule is CC(O)C(=O)O.CCCO.CCCO.[Ti]. The van der Waals surface area contributed by atoms with Crippen molar-refractivity contribution >= 4 is 5.97 Å². The van der Waals surface area contributed by atoms with Crippen LogP contribution in [0.15, 0.2) is 0 Å². The Kier molecular flexibility index (Phi) is 38.5. The van der Waals surface area contributed by atoms with E-state index in [0.717, 1.165) is 12.8 Å². The average Bonchev–Trinajstić information content (AvgIpc) is 2.18. The van der Waals surface area contributed by atoms with Gasteiger partial charge in [0.25, 0.3) is 0 Å². The molecule has 0 aliphatic heterocycles. The number of aliphatic hydroxyl groups is 3. The van der Waals surface area contributed by atoms with Crippen molar-refractivity contribution in [2.75, 3.05) is 13.2 Å². The predicted octanol–water partition coefficient (Wildman–Crippen LogP) is 0.227. The van der Waals surface area contributed by atoms with Gasteiger partial charge in [-0.25, -0.2) is 4.79 Å². The number of hydrogen-bond acceptors (Lipinski definition) is 4. The maximum atomic E-state index is 9.45. The third-order valence-electron chi connectivity index (χ3n) is 0.805. The van der Waals surface area contributed by atoms with Gasteiger partial charge in [0.2, 0.25) is 0 Å². The molecule has 0 aromatic rings. The number of rotatable bonds is 3. The van der Waals surface area contributed by atoms with E-state index in [2.05, 4.69) is 0 Å². The quantitative estimate of drug-likeness (QED) is 0.543. The summed E-state index contributed by atoms with van der Waals surface area (Å²) in [5.41, 5.74) is 0. The van der Waals surface area contributed by atoms with Crippen molar-refractivity contribution in [1.82, 2.24) is 0 Å². The molecule has 92 valence electrons. The van der Waals surface area contributed by atoms with Crippen LogP contribution < -0.4 is 0 Å². The summed E-state index contributed by atoms with van der Waals surface area (Å²) >= 11 is 0. The summed E-state index contributed by atoms with van der Waals surface area (Å²) in [4.78, 5) is 9.45. The molecule has 0 spiro atoms. The van der Waals surface area contributed by atoms with Crippen LogP contribution in [0.4, 0.5) is 0 Å². The molecule has 0 aromatic heterocycles. The largest absolute Gasteiger partial charge is 0.479 e. The number of hydrogen-bond donors (Lipinski definition) is 4. The molecule has 0 amide bonds. The molecule has 0 aliphatic rings. The van der Waals surface area contributed by atoms with Crippen LogP contribution in [0.25, 0.3) is 0 Å². The molecule has 0 fully saturated rings. The van der Waals surface area contributed by atoms with Crippen LogP contribution in [0.2, 0.25) is 0 Å². The molecule has 5 nitrogen and oxygen atoms in total. The Hall–Kier alpha value is 0.0643. The zero-order valence-electron chi connectivity index (χ0n) is 9.60. The molecule has 15 heavy (non-hydrogen) atoms. The van der Waals surface area contributed by atoms with Crippen LogP contribution >= 0.6 is 0 Å². The fraction of sp³-hybridized carbons (Fsp3) is 0.889. The first-order valence-electron chi connectivity index (χ1n) is 4.60. The van der Waals surface area contributed by atoms with Gasteiger partial charge >= 0.3 is 5.97 Å². The van der Waals surface area contributed by atoms with Crippen molar-refractivity contribution in [1.29, 1.82) is 0 Å². The van der Waals surface area contributed by atoms with E-state index in [4.69, 9.17) is 20.4 Å². The van der Waals surface area contributed by atoms with Crippen LogP contribution in [0, 0.1) is 0 Å². The first kappa shape index (κ1) is 24.3. The van der Waals surface area contributed by atoms with Crippen molar-refractivity contribution in [2.45, 2.75) is 39.7 Å². The molecule has 1 unspecified atom stereocenters. The minimum atomic E-state index is -1.23. The van der Waals surface area contributed by atoms with E-state index >= 15 is 0 Å². The van der Waals surface area contributed by atoms with Crippen molar-refractivity contribution in [3.63, 3.8) is 0 Å².